The lowest BCUT2D eigenvalue weighted by Gasteiger charge is -2.07. The number of nitrogens with one attached hydrogen (secondary N) is 1. The number of aromatic nitrogens is 2. The molecule has 82 valence electrons. The largest absolute Gasteiger partial charge is 0.630 e. The lowest BCUT2D eigenvalue weighted by molar-refractivity contribution is -0.497. The zero-order valence-electron chi connectivity index (χ0n) is 8.84. The highest BCUT2D eigenvalue weighted by Crippen LogP contribution is 2.15. The van der Waals surface area contributed by atoms with E-state index in [-0.39, 0.29) is 0 Å². The van der Waals surface area contributed by atoms with Crippen LogP contribution in [0.25, 0.3) is 0 Å². The van der Waals surface area contributed by atoms with Gasteiger partial charge in [-0.15, -0.1) is 0 Å². The molecule has 2 aromatic rings. The van der Waals surface area contributed by atoms with Gasteiger partial charge in [-0.25, -0.2) is 4.98 Å². The summed E-state index contributed by atoms with van der Waals surface area (Å²) in [5.41, 5.74) is 3.23. The lowest BCUT2D eigenvalue weighted by atomic mass is 10.3. The van der Waals surface area contributed by atoms with Crippen LogP contribution in [0.4, 0.5) is 17.2 Å². The van der Waals surface area contributed by atoms with E-state index in [0.29, 0.717) is 11.5 Å². The molecule has 0 spiro atoms. The van der Waals surface area contributed by atoms with Crippen molar-refractivity contribution in [3.05, 3.63) is 47.6 Å². The number of hydrogen-bond donors (Lipinski definition) is 2. The summed E-state index contributed by atoms with van der Waals surface area (Å²) >= 11 is 0. The average molecular weight is 216 g/mol. The van der Waals surface area contributed by atoms with Crippen LogP contribution >= 0.6 is 0 Å². The van der Waals surface area contributed by atoms with E-state index in [9.17, 15) is 5.21 Å². The Kier molecular flexibility index (Phi) is 3.09. The maximum Gasteiger partial charge on any atom is 0.136 e. The summed E-state index contributed by atoms with van der Waals surface area (Å²) in [6.45, 7) is 1.92. The SMILES string of the molecule is Cc1cc(Nc2cc([NH2+][O-])ccn2)ccn1. The summed E-state index contributed by atoms with van der Waals surface area (Å²) in [7, 11) is 0. The van der Waals surface area contributed by atoms with Crippen molar-refractivity contribution in [2.45, 2.75) is 6.92 Å². The van der Waals surface area contributed by atoms with Crippen LogP contribution in [-0.4, -0.2) is 9.97 Å². The molecule has 2 heterocycles. The predicted molar refractivity (Wildman–Crippen MR) is 61.4 cm³/mol. The molecule has 0 aromatic carbocycles. The third-order valence-corrected chi connectivity index (χ3v) is 2.09. The maximum atomic E-state index is 10.6. The van der Waals surface area contributed by atoms with Crippen molar-refractivity contribution >= 4 is 17.2 Å². The Balaban J connectivity index is 2.20. The summed E-state index contributed by atoms with van der Waals surface area (Å²) in [5, 5.41) is 13.7. The summed E-state index contributed by atoms with van der Waals surface area (Å²) in [4.78, 5) is 8.22. The fraction of sp³-hybridized carbons (Fsp3) is 0.0909. The summed E-state index contributed by atoms with van der Waals surface area (Å²) in [6, 6.07) is 7.12. The smallest absolute Gasteiger partial charge is 0.136 e. The minimum atomic E-state index is 0.600. The minimum Gasteiger partial charge on any atom is -0.630 e. The van der Waals surface area contributed by atoms with Crippen LogP contribution in [0, 0.1) is 12.1 Å². The summed E-state index contributed by atoms with van der Waals surface area (Å²) in [5.74, 6) is 0.648. The van der Waals surface area contributed by atoms with Crippen molar-refractivity contribution in [2.24, 2.45) is 0 Å². The third-order valence-electron chi connectivity index (χ3n) is 2.09. The van der Waals surface area contributed by atoms with Gasteiger partial charge in [-0.2, -0.15) is 0 Å². The van der Waals surface area contributed by atoms with Crippen molar-refractivity contribution in [3.63, 3.8) is 0 Å². The highest BCUT2D eigenvalue weighted by molar-refractivity contribution is 5.57. The first-order valence-electron chi connectivity index (χ1n) is 4.89. The van der Waals surface area contributed by atoms with Crippen molar-refractivity contribution in [1.29, 1.82) is 0 Å². The Hall–Kier alpha value is -1.98. The number of aryl methyl sites for hydroxylation is 1. The molecule has 0 atom stereocenters. The number of rotatable bonds is 3. The van der Waals surface area contributed by atoms with Crippen molar-refractivity contribution in [1.82, 2.24) is 9.97 Å². The van der Waals surface area contributed by atoms with Crippen LogP contribution in [-0.2, 0) is 0 Å². The number of nitrogens with two attached hydrogens (primary N) is 1. The van der Waals surface area contributed by atoms with Gasteiger partial charge in [-0.3, -0.25) is 4.98 Å². The molecule has 0 radical (unpaired) electrons. The first-order valence-corrected chi connectivity index (χ1v) is 4.89. The third kappa shape index (κ3) is 2.53. The van der Waals surface area contributed by atoms with Gasteiger partial charge in [-0.1, -0.05) is 0 Å². The van der Waals surface area contributed by atoms with E-state index in [1.54, 1.807) is 24.5 Å². The zero-order chi connectivity index (χ0) is 11.4. The first kappa shape index (κ1) is 10.5. The topological polar surface area (TPSA) is 77.5 Å². The Morgan fingerprint density at radius 3 is 2.75 bits per heavy atom. The van der Waals surface area contributed by atoms with Gasteiger partial charge in [-0.05, 0) is 19.1 Å². The monoisotopic (exact) mass is 216 g/mol. The van der Waals surface area contributed by atoms with E-state index >= 15 is 0 Å². The molecule has 0 aliphatic carbocycles. The minimum absolute atomic E-state index is 0.600. The van der Waals surface area contributed by atoms with Crippen LogP contribution in [0.2, 0.25) is 0 Å². The molecule has 0 aliphatic heterocycles. The van der Waals surface area contributed by atoms with Gasteiger partial charge >= 0.3 is 0 Å². The van der Waals surface area contributed by atoms with E-state index in [2.05, 4.69) is 15.3 Å². The fourth-order valence-corrected chi connectivity index (χ4v) is 1.36. The molecule has 5 heteroatoms. The molecule has 0 fully saturated rings. The molecule has 2 aromatic heterocycles. The van der Waals surface area contributed by atoms with Crippen LogP contribution in [0.15, 0.2) is 36.7 Å². The number of pyridine rings is 2. The summed E-state index contributed by atoms with van der Waals surface area (Å²) in [6.07, 6.45) is 3.32. The molecule has 2 rings (SSSR count). The quantitative estimate of drug-likeness (QED) is 0.756. The number of quaternary nitrogens is 1. The maximum absolute atomic E-state index is 10.6. The van der Waals surface area contributed by atoms with Crippen molar-refractivity contribution in [3.8, 4) is 0 Å². The Morgan fingerprint density at radius 1 is 1.19 bits per heavy atom. The van der Waals surface area contributed by atoms with Gasteiger partial charge in [0, 0.05) is 35.9 Å². The molecular weight excluding hydrogens is 204 g/mol. The predicted octanol–water partition coefficient (Wildman–Crippen LogP) is 1.22. The lowest BCUT2D eigenvalue weighted by Crippen LogP contribution is -2.70. The molecule has 0 aliphatic rings. The first-order chi connectivity index (χ1) is 7.78. The molecule has 16 heavy (non-hydrogen) atoms. The van der Waals surface area contributed by atoms with Gasteiger partial charge < -0.3 is 16.0 Å². The van der Waals surface area contributed by atoms with E-state index < -0.39 is 0 Å². The molecule has 0 amide bonds. The number of hydrogen-bond acceptors (Lipinski definition) is 4. The van der Waals surface area contributed by atoms with Crippen LogP contribution in [0.5, 0.6) is 0 Å². The summed E-state index contributed by atoms with van der Waals surface area (Å²) < 4.78 is 0. The Labute approximate surface area is 93.1 Å². The Morgan fingerprint density at radius 2 is 2.00 bits per heavy atom. The van der Waals surface area contributed by atoms with Gasteiger partial charge in [0.15, 0.2) is 0 Å². The van der Waals surface area contributed by atoms with Crippen molar-refractivity contribution < 1.29 is 5.48 Å². The normalized spacial score (nSPS) is 10.1. The fourth-order valence-electron chi connectivity index (χ4n) is 1.36. The van der Waals surface area contributed by atoms with Gasteiger partial charge in [0.25, 0.3) is 0 Å². The van der Waals surface area contributed by atoms with Gasteiger partial charge in [0.2, 0.25) is 0 Å². The molecule has 0 saturated carbocycles. The van der Waals surface area contributed by atoms with Gasteiger partial charge in [0.1, 0.15) is 11.5 Å². The molecule has 3 N–H and O–H groups in total. The molecule has 5 nitrogen and oxygen atoms in total. The number of anilines is 2. The van der Waals surface area contributed by atoms with E-state index in [1.165, 1.54) is 0 Å². The average Bonchev–Trinajstić information content (AvgIpc) is 2.29. The molecule has 0 unspecified atom stereocenters. The zero-order valence-corrected chi connectivity index (χ0v) is 8.84. The highest BCUT2D eigenvalue weighted by Gasteiger charge is 1.98. The van der Waals surface area contributed by atoms with E-state index in [4.69, 9.17) is 0 Å². The van der Waals surface area contributed by atoms with E-state index in [0.717, 1.165) is 16.9 Å². The van der Waals surface area contributed by atoms with Crippen molar-refractivity contribution in [2.75, 3.05) is 5.32 Å². The second-order valence-electron chi connectivity index (χ2n) is 3.40. The van der Waals surface area contributed by atoms with Gasteiger partial charge in [0.05, 0.1) is 0 Å². The number of nitrogens with zero attached hydrogens (tertiary/aromatic N) is 2. The molecule has 0 bridgehead atoms. The Bertz CT molecular complexity index is 487. The van der Waals surface area contributed by atoms with E-state index in [1.807, 2.05) is 19.1 Å². The highest BCUT2D eigenvalue weighted by atomic mass is 16.5. The standard InChI is InChI=1S/C11H12N4O/c1-8-6-9(2-4-12-8)14-11-7-10(15-16)3-5-13-11/h2-7H,15H2,1H3,(H,12,13,14). The van der Waals surface area contributed by atoms with Crippen LogP contribution < -0.4 is 10.8 Å². The molecular formula is C11H12N4O. The molecule has 0 saturated heterocycles. The van der Waals surface area contributed by atoms with Crippen LogP contribution in [0.1, 0.15) is 5.69 Å². The second-order valence-corrected chi connectivity index (χ2v) is 3.40. The van der Waals surface area contributed by atoms with Crippen LogP contribution in [0.3, 0.4) is 0 Å². The second kappa shape index (κ2) is 4.69.